The van der Waals surface area contributed by atoms with Crippen LogP contribution in [0.4, 0.5) is 30.7 Å². The van der Waals surface area contributed by atoms with E-state index in [4.69, 9.17) is 0 Å². The first-order valence-corrected chi connectivity index (χ1v) is 12.2. The van der Waals surface area contributed by atoms with E-state index in [1.807, 2.05) is 12.1 Å². The van der Waals surface area contributed by atoms with Crippen LogP contribution in [-0.2, 0) is 12.6 Å². The molecule has 0 unspecified atom stereocenters. The fraction of sp³-hybridized carbons (Fsp3) is 0.267. The Morgan fingerprint density at radius 1 is 0.649 bits per heavy atom. The van der Waals surface area contributed by atoms with Gasteiger partial charge in [-0.15, -0.1) is 0 Å². The van der Waals surface area contributed by atoms with Crippen molar-refractivity contribution in [3.05, 3.63) is 95.1 Å². The highest BCUT2D eigenvalue weighted by Gasteiger charge is 2.34. The summed E-state index contributed by atoms with van der Waals surface area (Å²) in [7, 11) is 0. The zero-order chi connectivity index (χ0) is 26.7. The van der Waals surface area contributed by atoms with Gasteiger partial charge in [0.25, 0.3) is 0 Å². The molecule has 0 N–H and O–H groups in total. The van der Waals surface area contributed by atoms with Crippen LogP contribution in [0.2, 0.25) is 0 Å². The van der Waals surface area contributed by atoms with Crippen LogP contribution in [0.25, 0.3) is 33.0 Å². The van der Waals surface area contributed by atoms with Crippen LogP contribution in [0.3, 0.4) is 0 Å². The maximum Gasteiger partial charge on any atom is 0.419 e. The Balaban J connectivity index is 1.63. The number of hydrogen-bond donors (Lipinski definition) is 0. The molecule has 0 spiro atoms. The number of unbranched alkanes of at least 4 members (excludes halogenated alkanes) is 4. The predicted octanol–water partition coefficient (Wildman–Crippen LogP) is 10.3. The van der Waals surface area contributed by atoms with E-state index in [1.165, 1.54) is 25.3 Å². The Morgan fingerprint density at radius 2 is 1.32 bits per heavy atom. The molecule has 4 aromatic carbocycles. The van der Waals surface area contributed by atoms with E-state index in [0.717, 1.165) is 43.0 Å². The molecule has 0 aliphatic heterocycles. The Kier molecular flexibility index (Phi) is 7.90. The first kappa shape index (κ1) is 26.7. The number of fused-ring (bicyclic) bond motifs is 1. The van der Waals surface area contributed by atoms with Crippen molar-refractivity contribution in [3.63, 3.8) is 0 Å². The number of alkyl halides is 3. The highest BCUT2D eigenvalue weighted by atomic mass is 19.4. The van der Waals surface area contributed by atoms with Gasteiger partial charge in [-0.25, -0.2) is 17.6 Å². The molecule has 0 saturated carbocycles. The van der Waals surface area contributed by atoms with Crippen molar-refractivity contribution in [2.24, 2.45) is 0 Å². The first-order valence-electron chi connectivity index (χ1n) is 12.2. The molecule has 4 aromatic rings. The summed E-state index contributed by atoms with van der Waals surface area (Å²) in [5.74, 6) is -4.58. The van der Waals surface area contributed by atoms with Gasteiger partial charge in [0.2, 0.25) is 0 Å². The lowest BCUT2D eigenvalue weighted by Crippen LogP contribution is -2.08. The molecule has 4 rings (SSSR count). The van der Waals surface area contributed by atoms with E-state index >= 15 is 4.39 Å². The van der Waals surface area contributed by atoms with Crippen molar-refractivity contribution in [2.45, 2.75) is 51.6 Å². The molecule has 194 valence electrons. The first-order chi connectivity index (χ1) is 17.6. The maximum atomic E-state index is 15.4. The predicted molar refractivity (Wildman–Crippen MR) is 132 cm³/mol. The lowest BCUT2D eigenvalue weighted by molar-refractivity contribution is -0.139. The topological polar surface area (TPSA) is 0 Å². The zero-order valence-electron chi connectivity index (χ0n) is 20.2. The molecule has 0 nitrogen and oxygen atoms in total. The minimum Gasteiger partial charge on any atom is -0.206 e. The molecule has 0 fully saturated rings. The summed E-state index contributed by atoms with van der Waals surface area (Å²) in [5.41, 5.74) is -1.64. The van der Waals surface area contributed by atoms with Crippen LogP contribution < -0.4 is 0 Å². The van der Waals surface area contributed by atoms with Gasteiger partial charge in [-0.1, -0.05) is 69.0 Å². The molecule has 0 atom stereocenters. The number of benzene rings is 4. The second-order valence-electron chi connectivity index (χ2n) is 9.15. The summed E-state index contributed by atoms with van der Waals surface area (Å²) in [4.78, 5) is 0. The summed E-state index contributed by atoms with van der Waals surface area (Å²) in [5, 5.41) is 0.979. The van der Waals surface area contributed by atoms with Gasteiger partial charge in [-0.3, -0.25) is 0 Å². The third kappa shape index (κ3) is 5.81. The van der Waals surface area contributed by atoms with Crippen molar-refractivity contribution in [3.8, 4) is 22.3 Å². The van der Waals surface area contributed by atoms with Crippen molar-refractivity contribution in [2.75, 3.05) is 0 Å². The van der Waals surface area contributed by atoms with Crippen LogP contribution in [0.1, 0.15) is 50.2 Å². The minimum atomic E-state index is -4.94. The van der Waals surface area contributed by atoms with E-state index in [0.29, 0.717) is 22.9 Å². The fourth-order valence-corrected chi connectivity index (χ4v) is 4.56. The van der Waals surface area contributed by atoms with Crippen LogP contribution in [0.15, 0.2) is 60.7 Å². The smallest absolute Gasteiger partial charge is 0.206 e. The molecular formula is C30H25F7. The Bertz CT molecular complexity index is 1400. The van der Waals surface area contributed by atoms with Crippen molar-refractivity contribution in [1.82, 2.24) is 0 Å². The fourth-order valence-electron chi connectivity index (χ4n) is 4.56. The third-order valence-corrected chi connectivity index (χ3v) is 6.50. The van der Waals surface area contributed by atoms with Gasteiger partial charge in [0.05, 0.1) is 11.1 Å². The molecule has 37 heavy (non-hydrogen) atoms. The normalized spacial score (nSPS) is 11.9. The molecule has 0 amide bonds. The standard InChI is InChI=1S/C30H25F7/c1-2-3-4-5-6-7-18-8-11-22-19(14-18)9-12-23(29(22)34)21-16-26(32)28(27(33)17-21)20-10-13-24(25(31)15-20)30(35,36)37/h8-17H,2-7H2,1H3. The van der Waals surface area contributed by atoms with E-state index in [1.54, 1.807) is 12.1 Å². The second-order valence-corrected chi connectivity index (χ2v) is 9.15. The van der Waals surface area contributed by atoms with Crippen molar-refractivity contribution < 1.29 is 30.7 Å². The largest absolute Gasteiger partial charge is 0.419 e. The molecule has 0 aromatic heterocycles. The van der Waals surface area contributed by atoms with E-state index in [9.17, 15) is 26.3 Å². The number of halogens is 7. The van der Waals surface area contributed by atoms with Gasteiger partial charge in [-0.2, -0.15) is 13.2 Å². The molecule has 7 heteroatoms. The second kappa shape index (κ2) is 11.0. The highest BCUT2D eigenvalue weighted by molar-refractivity contribution is 5.89. The maximum absolute atomic E-state index is 15.4. The Hall–Kier alpha value is -3.35. The monoisotopic (exact) mass is 518 g/mol. The molecule has 0 radical (unpaired) electrons. The summed E-state index contributed by atoms with van der Waals surface area (Å²) in [6, 6.07) is 12.0. The quantitative estimate of drug-likeness (QED) is 0.161. The van der Waals surface area contributed by atoms with Gasteiger partial charge < -0.3 is 0 Å². The molecule has 0 heterocycles. The van der Waals surface area contributed by atoms with Crippen LogP contribution in [-0.4, -0.2) is 0 Å². The van der Waals surface area contributed by atoms with Crippen LogP contribution in [0, 0.1) is 23.3 Å². The van der Waals surface area contributed by atoms with E-state index < -0.39 is 46.1 Å². The van der Waals surface area contributed by atoms with Crippen molar-refractivity contribution in [1.29, 1.82) is 0 Å². The third-order valence-electron chi connectivity index (χ3n) is 6.50. The summed E-state index contributed by atoms with van der Waals surface area (Å²) < 4.78 is 97.7. The summed E-state index contributed by atoms with van der Waals surface area (Å²) in [6.07, 6.45) is 1.67. The van der Waals surface area contributed by atoms with E-state index in [-0.39, 0.29) is 11.1 Å². The van der Waals surface area contributed by atoms with Gasteiger partial charge in [0, 0.05) is 10.9 Å². The van der Waals surface area contributed by atoms with Gasteiger partial charge in [0.1, 0.15) is 23.3 Å². The molecule has 0 aliphatic rings. The average molecular weight is 519 g/mol. The zero-order valence-corrected chi connectivity index (χ0v) is 20.2. The Labute approximate surface area is 210 Å². The van der Waals surface area contributed by atoms with Gasteiger partial charge >= 0.3 is 6.18 Å². The number of aryl methyl sites for hydroxylation is 1. The number of rotatable bonds is 8. The lowest BCUT2D eigenvalue weighted by Gasteiger charge is -2.13. The SMILES string of the molecule is CCCCCCCc1ccc2c(F)c(-c3cc(F)c(-c4ccc(C(F)(F)F)c(F)c4)c(F)c3)ccc2c1. The average Bonchev–Trinajstić information content (AvgIpc) is 2.83. The van der Waals surface area contributed by atoms with Crippen LogP contribution >= 0.6 is 0 Å². The highest BCUT2D eigenvalue weighted by Crippen LogP contribution is 2.37. The van der Waals surface area contributed by atoms with E-state index in [2.05, 4.69) is 6.92 Å². The summed E-state index contributed by atoms with van der Waals surface area (Å²) >= 11 is 0. The minimum absolute atomic E-state index is 0.0252. The molecule has 0 saturated heterocycles. The van der Waals surface area contributed by atoms with Gasteiger partial charge in [-0.05, 0) is 59.2 Å². The molecule has 0 bridgehead atoms. The van der Waals surface area contributed by atoms with Crippen molar-refractivity contribution >= 4 is 10.8 Å². The number of hydrogen-bond acceptors (Lipinski definition) is 0. The van der Waals surface area contributed by atoms with Gasteiger partial charge in [0.15, 0.2) is 0 Å². The molecular weight excluding hydrogens is 493 g/mol. The lowest BCUT2D eigenvalue weighted by atomic mass is 9.95. The Morgan fingerprint density at radius 3 is 1.97 bits per heavy atom. The summed E-state index contributed by atoms with van der Waals surface area (Å²) in [6.45, 7) is 2.16. The van der Waals surface area contributed by atoms with Crippen LogP contribution in [0.5, 0.6) is 0 Å². The molecule has 0 aliphatic carbocycles.